The lowest BCUT2D eigenvalue weighted by Crippen LogP contribution is -2.24. The number of aryl methyl sites for hydroxylation is 1. The van der Waals surface area contributed by atoms with E-state index in [9.17, 15) is 4.79 Å². The third-order valence-corrected chi connectivity index (χ3v) is 4.98. The van der Waals surface area contributed by atoms with Crippen LogP contribution < -0.4 is 5.32 Å². The number of anilines is 1. The zero-order chi connectivity index (χ0) is 18.8. The van der Waals surface area contributed by atoms with E-state index < -0.39 is 6.04 Å². The van der Waals surface area contributed by atoms with Gasteiger partial charge in [0.25, 0.3) is 0 Å². The molecule has 0 aliphatic carbocycles. The molecule has 3 rings (SSSR count). The molecule has 1 amide bonds. The molecular weight excluding hydrogens is 441 g/mol. The fourth-order valence-corrected chi connectivity index (χ4v) is 3.26. The van der Waals surface area contributed by atoms with Crippen molar-refractivity contribution in [3.05, 3.63) is 62.4 Å². The molecule has 0 spiro atoms. The molecule has 6 nitrogen and oxygen atoms in total. The molecule has 136 valence electrons. The Bertz CT molecular complexity index is 953. The van der Waals surface area contributed by atoms with E-state index in [0.29, 0.717) is 26.9 Å². The van der Waals surface area contributed by atoms with Crippen LogP contribution in [0.1, 0.15) is 24.1 Å². The van der Waals surface area contributed by atoms with Crippen molar-refractivity contribution in [1.29, 1.82) is 0 Å². The third kappa shape index (κ3) is 4.28. The van der Waals surface area contributed by atoms with Crippen molar-refractivity contribution in [1.82, 2.24) is 19.6 Å². The van der Waals surface area contributed by atoms with Crippen LogP contribution in [-0.4, -0.2) is 25.5 Å². The zero-order valence-corrected chi connectivity index (χ0v) is 17.2. The fraction of sp³-hybridized carbons (Fsp3) is 0.235. The van der Waals surface area contributed by atoms with Crippen LogP contribution in [0.4, 0.5) is 5.82 Å². The highest BCUT2D eigenvalue weighted by Crippen LogP contribution is 2.25. The molecule has 0 aliphatic rings. The van der Waals surface area contributed by atoms with Crippen molar-refractivity contribution in [2.24, 2.45) is 0 Å². The first-order valence-corrected chi connectivity index (χ1v) is 9.37. The van der Waals surface area contributed by atoms with Gasteiger partial charge in [-0.2, -0.15) is 10.2 Å². The monoisotopic (exact) mass is 455 g/mol. The number of hydrogen-bond donors (Lipinski definition) is 1. The number of halogens is 3. The highest BCUT2D eigenvalue weighted by Gasteiger charge is 2.18. The Morgan fingerprint density at radius 2 is 2.12 bits per heavy atom. The average molecular weight is 457 g/mol. The molecule has 26 heavy (non-hydrogen) atoms. The second-order valence-electron chi connectivity index (χ2n) is 5.92. The van der Waals surface area contributed by atoms with Gasteiger partial charge in [0.05, 0.1) is 17.2 Å². The molecule has 0 bridgehead atoms. The van der Waals surface area contributed by atoms with Crippen LogP contribution in [0, 0.1) is 6.92 Å². The predicted octanol–water partition coefficient (Wildman–Crippen LogP) is 4.71. The summed E-state index contributed by atoms with van der Waals surface area (Å²) in [4.78, 5) is 12.5. The number of nitrogens with one attached hydrogen (secondary N) is 1. The Balaban J connectivity index is 1.72. The molecule has 0 radical (unpaired) electrons. The minimum absolute atomic E-state index is 0.205. The highest BCUT2D eigenvalue weighted by atomic mass is 79.9. The molecule has 1 aromatic carbocycles. The number of hydrogen-bond acceptors (Lipinski definition) is 3. The Morgan fingerprint density at radius 1 is 1.35 bits per heavy atom. The van der Waals surface area contributed by atoms with Crippen LogP contribution in [0.5, 0.6) is 0 Å². The molecule has 1 atom stereocenters. The first kappa shape index (κ1) is 18.9. The minimum Gasteiger partial charge on any atom is -0.306 e. The molecule has 2 aromatic heterocycles. The van der Waals surface area contributed by atoms with Crippen molar-refractivity contribution in [2.45, 2.75) is 26.4 Å². The molecule has 3 aromatic rings. The highest BCUT2D eigenvalue weighted by molar-refractivity contribution is 9.10. The van der Waals surface area contributed by atoms with Gasteiger partial charge in [-0.3, -0.25) is 14.2 Å². The summed E-state index contributed by atoms with van der Waals surface area (Å²) in [5, 5.41) is 12.5. The van der Waals surface area contributed by atoms with Crippen LogP contribution >= 0.6 is 39.1 Å². The maximum Gasteiger partial charge on any atom is 0.250 e. The van der Waals surface area contributed by atoms with E-state index in [4.69, 9.17) is 23.2 Å². The Kier molecular flexibility index (Phi) is 5.70. The molecule has 2 heterocycles. The van der Waals surface area contributed by atoms with Gasteiger partial charge in [-0.1, -0.05) is 29.3 Å². The van der Waals surface area contributed by atoms with Crippen molar-refractivity contribution < 1.29 is 4.79 Å². The molecule has 0 fully saturated rings. The van der Waals surface area contributed by atoms with Crippen molar-refractivity contribution in [3.8, 4) is 0 Å². The number of amides is 1. The third-order valence-electron chi connectivity index (χ3n) is 3.81. The van der Waals surface area contributed by atoms with Gasteiger partial charge in [-0.05, 0) is 53.0 Å². The topological polar surface area (TPSA) is 64.7 Å². The van der Waals surface area contributed by atoms with E-state index in [1.165, 1.54) is 0 Å². The van der Waals surface area contributed by atoms with E-state index in [0.717, 1.165) is 11.1 Å². The summed E-state index contributed by atoms with van der Waals surface area (Å²) >= 11 is 15.5. The molecular formula is C17H16BrCl2N5O. The summed E-state index contributed by atoms with van der Waals surface area (Å²) in [5.74, 6) is 0.236. The summed E-state index contributed by atoms with van der Waals surface area (Å²) in [6.07, 6.45) is 5.31. The van der Waals surface area contributed by atoms with Crippen LogP contribution in [0.25, 0.3) is 0 Å². The lowest BCUT2D eigenvalue weighted by atomic mass is 10.2. The van der Waals surface area contributed by atoms with Crippen LogP contribution in [0.3, 0.4) is 0 Å². The Morgan fingerprint density at radius 3 is 2.77 bits per heavy atom. The van der Waals surface area contributed by atoms with Crippen LogP contribution in [0.15, 0.2) is 41.3 Å². The fourth-order valence-electron chi connectivity index (χ4n) is 2.37. The lowest BCUT2D eigenvalue weighted by Gasteiger charge is -2.11. The normalized spacial score (nSPS) is 12.2. The van der Waals surface area contributed by atoms with Crippen LogP contribution in [0.2, 0.25) is 10.0 Å². The van der Waals surface area contributed by atoms with Crippen molar-refractivity contribution >= 4 is 50.9 Å². The predicted molar refractivity (Wildman–Crippen MR) is 106 cm³/mol. The maximum absolute atomic E-state index is 12.5. The maximum atomic E-state index is 12.5. The van der Waals surface area contributed by atoms with Gasteiger partial charge in [-0.15, -0.1) is 0 Å². The summed E-state index contributed by atoms with van der Waals surface area (Å²) in [5.41, 5.74) is 1.87. The van der Waals surface area contributed by atoms with Crippen molar-refractivity contribution in [3.63, 3.8) is 0 Å². The molecule has 1 unspecified atom stereocenters. The lowest BCUT2D eigenvalue weighted by molar-refractivity contribution is -0.119. The molecule has 0 saturated heterocycles. The molecule has 0 aliphatic heterocycles. The van der Waals surface area contributed by atoms with Gasteiger partial charge in [0.1, 0.15) is 6.04 Å². The van der Waals surface area contributed by atoms with E-state index >= 15 is 0 Å². The summed E-state index contributed by atoms with van der Waals surface area (Å²) < 4.78 is 3.99. The quantitative estimate of drug-likeness (QED) is 0.604. The number of aromatic nitrogens is 4. The van der Waals surface area contributed by atoms with Gasteiger partial charge < -0.3 is 5.32 Å². The van der Waals surface area contributed by atoms with Gasteiger partial charge in [0, 0.05) is 22.4 Å². The smallest absolute Gasteiger partial charge is 0.250 e. The summed E-state index contributed by atoms with van der Waals surface area (Å²) in [6, 6.07) is 4.86. The largest absolute Gasteiger partial charge is 0.306 e. The second-order valence-corrected chi connectivity index (χ2v) is 7.62. The number of benzene rings is 1. The molecule has 9 heteroatoms. The second kappa shape index (κ2) is 7.82. The van der Waals surface area contributed by atoms with E-state index in [1.54, 1.807) is 40.8 Å². The first-order chi connectivity index (χ1) is 12.3. The zero-order valence-electron chi connectivity index (χ0n) is 14.1. The summed E-state index contributed by atoms with van der Waals surface area (Å²) in [6.45, 7) is 4.16. The SMILES string of the molecule is Cc1cnn(C(C)C(=O)Nc2nn(Cc3ccc(Cl)cc3Cl)cc2Br)c1. The number of carbonyl (C=O) groups excluding carboxylic acids is 1. The van der Waals surface area contributed by atoms with Crippen molar-refractivity contribution in [2.75, 3.05) is 5.32 Å². The molecule has 0 saturated carbocycles. The first-order valence-electron chi connectivity index (χ1n) is 7.82. The van der Waals surface area contributed by atoms with Crippen LogP contribution in [-0.2, 0) is 11.3 Å². The van der Waals surface area contributed by atoms with Gasteiger partial charge in [-0.25, -0.2) is 0 Å². The van der Waals surface area contributed by atoms with Gasteiger partial charge >= 0.3 is 0 Å². The standard InChI is InChI=1S/C17H16BrCl2N5O/c1-10-6-21-25(7-10)11(2)17(26)22-16-14(18)9-24(23-16)8-12-3-4-13(19)5-15(12)20/h3-7,9,11H,8H2,1-2H3,(H,22,23,26). The number of nitrogens with zero attached hydrogens (tertiary/aromatic N) is 4. The van der Waals surface area contributed by atoms with Gasteiger partial charge in [0.15, 0.2) is 5.82 Å². The average Bonchev–Trinajstić information content (AvgIpc) is 3.15. The Hall–Kier alpha value is -1.83. The van der Waals surface area contributed by atoms with E-state index in [1.807, 2.05) is 19.2 Å². The van der Waals surface area contributed by atoms with E-state index in [2.05, 4.69) is 31.4 Å². The number of carbonyl (C=O) groups is 1. The number of rotatable bonds is 5. The minimum atomic E-state index is -0.452. The van der Waals surface area contributed by atoms with E-state index in [-0.39, 0.29) is 5.91 Å². The molecule has 1 N–H and O–H groups in total. The Labute approximate surface area is 169 Å². The summed E-state index contributed by atoms with van der Waals surface area (Å²) in [7, 11) is 0. The van der Waals surface area contributed by atoms with Gasteiger partial charge in [0.2, 0.25) is 5.91 Å².